The van der Waals surface area contributed by atoms with Gasteiger partial charge in [0, 0.05) is 38.2 Å². The number of likely N-dealkylation sites (tertiary alicyclic amines) is 2. The first-order valence-corrected chi connectivity index (χ1v) is 10.8. The lowest BCUT2D eigenvalue weighted by Crippen LogP contribution is -2.46. The van der Waals surface area contributed by atoms with Crippen LogP contribution in [0, 0.1) is 0 Å². The molecule has 1 aromatic carbocycles. The molecule has 2 fully saturated rings. The Bertz CT molecular complexity index is 753. The maximum Gasteiger partial charge on any atom is 0.260 e. The summed E-state index contributed by atoms with van der Waals surface area (Å²) >= 11 is 0. The lowest BCUT2D eigenvalue weighted by molar-refractivity contribution is -0.130. The highest BCUT2D eigenvalue weighted by molar-refractivity contribution is 5.97. The molecule has 2 aliphatic rings. The Morgan fingerprint density at radius 3 is 2.60 bits per heavy atom. The van der Waals surface area contributed by atoms with Crippen LogP contribution in [-0.2, 0) is 21.0 Å². The molecular formula is C22H33N5O3. The standard InChI is InChI=1S/C22H33N5O3/c1-17(28)27-12-8-20(9-13-27)24-21(29)16-30-25-22(23)19-7-5-6-18(14-19)15-26-10-3-2-4-11-26/h5-7,14,20H,2-4,8-13,15-16H2,1H3,(H2,23,25)(H,24,29). The summed E-state index contributed by atoms with van der Waals surface area (Å²) in [6, 6.07) is 8.04. The number of nitrogens with zero attached hydrogens (tertiary/aromatic N) is 3. The molecule has 1 aromatic rings. The summed E-state index contributed by atoms with van der Waals surface area (Å²) in [6.07, 6.45) is 5.34. The van der Waals surface area contributed by atoms with E-state index in [1.165, 1.54) is 24.8 Å². The third-order valence-corrected chi connectivity index (χ3v) is 5.74. The Morgan fingerprint density at radius 1 is 1.17 bits per heavy atom. The van der Waals surface area contributed by atoms with Gasteiger partial charge in [-0.1, -0.05) is 29.8 Å². The molecule has 2 saturated heterocycles. The molecule has 2 heterocycles. The van der Waals surface area contributed by atoms with Crippen LogP contribution in [0.1, 0.15) is 50.2 Å². The number of nitrogens with two attached hydrogens (primary N) is 1. The summed E-state index contributed by atoms with van der Waals surface area (Å²) in [5.41, 5.74) is 8.04. The zero-order valence-corrected chi connectivity index (χ0v) is 17.8. The van der Waals surface area contributed by atoms with Gasteiger partial charge in [-0.3, -0.25) is 14.5 Å². The second kappa shape index (κ2) is 11.0. The van der Waals surface area contributed by atoms with Gasteiger partial charge >= 0.3 is 0 Å². The number of piperidine rings is 2. The number of nitrogens with one attached hydrogen (secondary N) is 1. The van der Waals surface area contributed by atoms with Gasteiger partial charge in [-0.05, 0) is 50.4 Å². The Labute approximate surface area is 178 Å². The van der Waals surface area contributed by atoms with Crippen LogP contribution in [0.4, 0.5) is 0 Å². The van der Waals surface area contributed by atoms with E-state index in [0.717, 1.165) is 38.0 Å². The third-order valence-electron chi connectivity index (χ3n) is 5.74. The fourth-order valence-corrected chi connectivity index (χ4v) is 4.03. The SMILES string of the molecule is CC(=O)N1CCC(NC(=O)CO/N=C(/N)c2cccc(CN3CCCCC3)c2)CC1. The van der Waals surface area contributed by atoms with E-state index in [0.29, 0.717) is 13.1 Å². The zero-order chi connectivity index (χ0) is 21.3. The monoisotopic (exact) mass is 415 g/mol. The average molecular weight is 416 g/mol. The highest BCUT2D eigenvalue weighted by Gasteiger charge is 2.22. The van der Waals surface area contributed by atoms with Crippen LogP contribution >= 0.6 is 0 Å². The van der Waals surface area contributed by atoms with E-state index in [4.69, 9.17) is 10.6 Å². The highest BCUT2D eigenvalue weighted by atomic mass is 16.6. The summed E-state index contributed by atoms with van der Waals surface area (Å²) in [6.45, 7) is 5.91. The summed E-state index contributed by atoms with van der Waals surface area (Å²) < 4.78 is 0. The van der Waals surface area contributed by atoms with Crippen LogP contribution in [0.5, 0.6) is 0 Å². The number of oxime groups is 1. The van der Waals surface area contributed by atoms with E-state index in [-0.39, 0.29) is 30.3 Å². The van der Waals surface area contributed by atoms with Crippen LogP contribution in [0.15, 0.2) is 29.4 Å². The largest absolute Gasteiger partial charge is 0.384 e. The Morgan fingerprint density at radius 2 is 1.90 bits per heavy atom. The van der Waals surface area contributed by atoms with Gasteiger partial charge < -0.3 is 20.8 Å². The van der Waals surface area contributed by atoms with Gasteiger partial charge in [0.15, 0.2) is 12.4 Å². The van der Waals surface area contributed by atoms with Crippen molar-refractivity contribution >= 4 is 17.6 Å². The first-order valence-electron chi connectivity index (χ1n) is 10.8. The predicted molar refractivity (Wildman–Crippen MR) is 116 cm³/mol. The summed E-state index contributed by atoms with van der Waals surface area (Å²) in [7, 11) is 0. The molecule has 0 aliphatic carbocycles. The highest BCUT2D eigenvalue weighted by Crippen LogP contribution is 2.14. The molecule has 2 amide bonds. The molecule has 0 radical (unpaired) electrons. The van der Waals surface area contributed by atoms with Gasteiger partial charge in [-0.25, -0.2) is 0 Å². The van der Waals surface area contributed by atoms with E-state index in [2.05, 4.69) is 21.4 Å². The van der Waals surface area contributed by atoms with Crippen molar-refractivity contribution in [3.05, 3.63) is 35.4 Å². The fraction of sp³-hybridized carbons (Fsp3) is 0.591. The molecule has 30 heavy (non-hydrogen) atoms. The van der Waals surface area contributed by atoms with Crippen molar-refractivity contribution in [2.24, 2.45) is 10.9 Å². The smallest absolute Gasteiger partial charge is 0.260 e. The van der Waals surface area contributed by atoms with Crippen molar-refractivity contribution in [1.29, 1.82) is 0 Å². The zero-order valence-electron chi connectivity index (χ0n) is 17.8. The Hall–Kier alpha value is -2.61. The normalized spacial score (nSPS) is 18.8. The van der Waals surface area contributed by atoms with Crippen molar-refractivity contribution in [1.82, 2.24) is 15.1 Å². The van der Waals surface area contributed by atoms with E-state index in [1.54, 1.807) is 11.8 Å². The van der Waals surface area contributed by atoms with Gasteiger partial charge in [0.25, 0.3) is 5.91 Å². The second-order valence-electron chi connectivity index (χ2n) is 8.14. The number of rotatable bonds is 7. The minimum atomic E-state index is -0.230. The lowest BCUT2D eigenvalue weighted by Gasteiger charge is -2.31. The second-order valence-corrected chi connectivity index (χ2v) is 8.14. The lowest BCUT2D eigenvalue weighted by atomic mass is 10.1. The van der Waals surface area contributed by atoms with Crippen LogP contribution in [0.25, 0.3) is 0 Å². The molecular weight excluding hydrogens is 382 g/mol. The third kappa shape index (κ3) is 6.73. The molecule has 3 N–H and O–H groups in total. The molecule has 8 heteroatoms. The first-order chi connectivity index (χ1) is 14.5. The molecule has 2 aliphatic heterocycles. The van der Waals surface area contributed by atoms with E-state index < -0.39 is 0 Å². The predicted octanol–water partition coefficient (Wildman–Crippen LogP) is 1.44. The summed E-state index contributed by atoms with van der Waals surface area (Å²) in [5, 5.41) is 6.85. The van der Waals surface area contributed by atoms with Crippen LogP contribution in [0.3, 0.4) is 0 Å². The summed E-state index contributed by atoms with van der Waals surface area (Å²) in [4.78, 5) is 32.9. The number of carbonyl (C=O) groups is 2. The van der Waals surface area contributed by atoms with Gasteiger partial charge in [-0.15, -0.1) is 0 Å². The molecule has 3 rings (SSSR count). The Balaban J connectivity index is 1.43. The van der Waals surface area contributed by atoms with Crippen molar-refractivity contribution < 1.29 is 14.4 Å². The van der Waals surface area contributed by atoms with Gasteiger partial charge in [-0.2, -0.15) is 0 Å². The maximum atomic E-state index is 12.1. The summed E-state index contributed by atoms with van der Waals surface area (Å²) in [5.74, 6) is 0.109. The van der Waals surface area contributed by atoms with E-state index in [1.807, 2.05) is 18.2 Å². The van der Waals surface area contributed by atoms with Crippen LogP contribution < -0.4 is 11.1 Å². The van der Waals surface area contributed by atoms with Gasteiger partial charge in [0.05, 0.1) is 0 Å². The molecule has 0 spiro atoms. The number of benzene rings is 1. The van der Waals surface area contributed by atoms with Crippen molar-refractivity contribution in [3.63, 3.8) is 0 Å². The molecule has 0 atom stereocenters. The maximum absolute atomic E-state index is 12.1. The average Bonchev–Trinajstić information content (AvgIpc) is 2.75. The molecule has 164 valence electrons. The minimum absolute atomic E-state index is 0.0597. The van der Waals surface area contributed by atoms with Gasteiger partial charge in [0.1, 0.15) is 0 Å². The quantitative estimate of drug-likeness (QED) is 0.399. The number of amidine groups is 1. The topological polar surface area (TPSA) is 100 Å². The van der Waals surface area contributed by atoms with Crippen LogP contribution in [-0.4, -0.2) is 66.3 Å². The number of hydrogen-bond donors (Lipinski definition) is 2. The molecule has 0 unspecified atom stereocenters. The molecule has 0 bridgehead atoms. The number of carbonyl (C=O) groups excluding carboxylic acids is 2. The number of hydrogen-bond acceptors (Lipinski definition) is 5. The van der Waals surface area contributed by atoms with E-state index in [9.17, 15) is 9.59 Å². The van der Waals surface area contributed by atoms with Crippen molar-refractivity contribution in [2.75, 3.05) is 32.8 Å². The first kappa shape index (κ1) is 22.1. The molecule has 0 saturated carbocycles. The van der Waals surface area contributed by atoms with Gasteiger partial charge in [0.2, 0.25) is 5.91 Å². The fourth-order valence-electron chi connectivity index (χ4n) is 4.03. The molecule has 0 aromatic heterocycles. The van der Waals surface area contributed by atoms with Crippen molar-refractivity contribution in [2.45, 2.75) is 51.6 Å². The Kier molecular flexibility index (Phi) is 8.07. The molecule has 8 nitrogen and oxygen atoms in total. The van der Waals surface area contributed by atoms with Crippen molar-refractivity contribution in [3.8, 4) is 0 Å². The minimum Gasteiger partial charge on any atom is -0.384 e. The van der Waals surface area contributed by atoms with E-state index >= 15 is 0 Å². The van der Waals surface area contributed by atoms with Crippen LogP contribution in [0.2, 0.25) is 0 Å². The number of amides is 2.